The summed E-state index contributed by atoms with van der Waals surface area (Å²) in [4.78, 5) is 8.19. The van der Waals surface area contributed by atoms with E-state index in [1.165, 1.54) is 12.3 Å². The minimum absolute atomic E-state index is 0. The van der Waals surface area contributed by atoms with E-state index in [0.717, 1.165) is 25.5 Å². The van der Waals surface area contributed by atoms with Crippen LogP contribution in [0.15, 0.2) is 23.3 Å². The molecule has 0 saturated carbocycles. The first-order chi connectivity index (χ1) is 12.5. The van der Waals surface area contributed by atoms with Gasteiger partial charge >= 0.3 is 6.18 Å². The Morgan fingerprint density at radius 1 is 1.19 bits per heavy atom. The number of nitrogens with one attached hydrogen (secondary N) is 3. The molecule has 27 heavy (non-hydrogen) atoms. The lowest BCUT2D eigenvalue weighted by Crippen LogP contribution is -2.39. The highest BCUT2D eigenvalue weighted by molar-refractivity contribution is 14.0. The zero-order valence-electron chi connectivity index (χ0n) is 15.7. The van der Waals surface area contributed by atoms with Gasteiger partial charge in [0, 0.05) is 45.6 Å². The predicted octanol–water partition coefficient (Wildman–Crippen LogP) is 3.50. The number of nitrogens with zero attached hydrogens (tertiary/aromatic N) is 2. The van der Waals surface area contributed by atoms with Gasteiger partial charge in [-0.05, 0) is 38.8 Å². The van der Waals surface area contributed by atoms with Crippen molar-refractivity contribution < 1.29 is 17.9 Å². The molecule has 10 heteroatoms. The number of aliphatic imine (C=N–C) groups is 1. The summed E-state index contributed by atoms with van der Waals surface area (Å²) < 4.78 is 44.0. The Kier molecular flexibility index (Phi) is 14.0. The maximum absolute atomic E-state index is 12.9. The smallest absolute Gasteiger partial charge is 0.382 e. The minimum Gasteiger partial charge on any atom is -0.382 e. The summed E-state index contributed by atoms with van der Waals surface area (Å²) in [5.74, 6) is 0.474. The molecule has 0 unspecified atom stereocenters. The van der Waals surface area contributed by atoms with E-state index in [1.807, 2.05) is 13.8 Å². The Balaban J connectivity index is 0.00000676. The fourth-order valence-electron chi connectivity index (χ4n) is 2.13. The first-order valence-corrected chi connectivity index (χ1v) is 8.85. The Bertz CT molecular complexity index is 544. The topological polar surface area (TPSA) is 70.6 Å². The summed E-state index contributed by atoms with van der Waals surface area (Å²) in [5.41, 5.74) is -0.769. The SMILES string of the molecule is CCNC(=NCCCCOCC)NCCNc1ncccc1C(F)(F)F.I. The van der Waals surface area contributed by atoms with Gasteiger partial charge in [-0.15, -0.1) is 24.0 Å². The molecule has 1 rings (SSSR count). The van der Waals surface area contributed by atoms with Gasteiger partial charge in [0.15, 0.2) is 5.96 Å². The van der Waals surface area contributed by atoms with Crippen LogP contribution in [0, 0.1) is 0 Å². The van der Waals surface area contributed by atoms with E-state index in [0.29, 0.717) is 32.2 Å². The van der Waals surface area contributed by atoms with Gasteiger partial charge in [0.1, 0.15) is 5.82 Å². The van der Waals surface area contributed by atoms with Crippen LogP contribution >= 0.6 is 24.0 Å². The maximum Gasteiger partial charge on any atom is 0.419 e. The van der Waals surface area contributed by atoms with Gasteiger partial charge < -0.3 is 20.7 Å². The fourth-order valence-corrected chi connectivity index (χ4v) is 2.13. The third-order valence-corrected chi connectivity index (χ3v) is 3.34. The molecule has 1 aromatic heterocycles. The molecular formula is C17H29F3IN5O. The van der Waals surface area contributed by atoms with Crippen molar-refractivity contribution in [3.8, 4) is 0 Å². The zero-order chi connectivity index (χ0) is 19.3. The highest BCUT2D eigenvalue weighted by Gasteiger charge is 2.33. The highest BCUT2D eigenvalue weighted by atomic mass is 127. The van der Waals surface area contributed by atoms with Crippen LogP contribution in [0.2, 0.25) is 0 Å². The molecule has 0 saturated heterocycles. The molecule has 0 amide bonds. The summed E-state index contributed by atoms with van der Waals surface area (Å²) in [7, 11) is 0. The van der Waals surface area contributed by atoms with Crippen LogP contribution in [0.1, 0.15) is 32.3 Å². The number of rotatable bonds is 11. The van der Waals surface area contributed by atoms with Crippen LogP contribution in [0.3, 0.4) is 0 Å². The number of unbranched alkanes of at least 4 members (excludes halogenated alkanes) is 1. The number of guanidine groups is 1. The van der Waals surface area contributed by atoms with Gasteiger partial charge in [-0.25, -0.2) is 4.98 Å². The Morgan fingerprint density at radius 2 is 1.96 bits per heavy atom. The van der Waals surface area contributed by atoms with E-state index >= 15 is 0 Å². The third kappa shape index (κ3) is 11.2. The van der Waals surface area contributed by atoms with Crippen molar-refractivity contribution in [3.63, 3.8) is 0 Å². The number of aromatic nitrogens is 1. The zero-order valence-corrected chi connectivity index (χ0v) is 18.1. The quantitative estimate of drug-likeness (QED) is 0.187. The second-order valence-corrected chi connectivity index (χ2v) is 5.42. The van der Waals surface area contributed by atoms with E-state index in [-0.39, 0.29) is 36.3 Å². The second kappa shape index (κ2) is 14.7. The molecule has 0 radical (unpaired) electrons. The van der Waals surface area contributed by atoms with E-state index < -0.39 is 11.7 Å². The van der Waals surface area contributed by atoms with Gasteiger partial charge in [0.05, 0.1) is 5.56 Å². The number of ether oxygens (including phenoxy) is 1. The molecule has 6 nitrogen and oxygen atoms in total. The molecule has 0 fully saturated rings. The first-order valence-electron chi connectivity index (χ1n) is 8.85. The lowest BCUT2D eigenvalue weighted by atomic mass is 10.2. The summed E-state index contributed by atoms with van der Waals surface area (Å²) >= 11 is 0. The van der Waals surface area contributed by atoms with Gasteiger partial charge in [0.2, 0.25) is 0 Å². The molecule has 0 aliphatic rings. The summed E-state index contributed by atoms with van der Waals surface area (Å²) in [6, 6.07) is 2.28. The summed E-state index contributed by atoms with van der Waals surface area (Å²) in [6.45, 7) is 7.42. The number of hydrogen-bond acceptors (Lipinski definition) is 4. The molecule has 0 spiro atoms. The van der Waals surface area contributed by atoms with Gasteiger partial charge in [0.25, 0.3) is 0 Å². The van der Waals surface area contributed by atoms with Gasteiger partial charge in [-0.3, -0.25) is 4.99 Å². The number of alkyl halides is 3. The lowest BCUT2D eigenvalue weighted by Gasteiger charge is -2.14. The number of hydrogen-bond donors (Lipinski definition) is 3. The molecule has 1 aromatic rings. The van der Waals surface area contributed by atoms with Crippen molar-refractivity contribution >= 4 is 35.8 Å². The summed E-state index contributed by atoms with van der Waals surface area (Å²) in [6.07, 6.45) is -1.24. The van der Waals surface area contributed by atoms with Crippen LogP contribution in [-0.2, 0) is 10.9 Å². The molecule has 0 aliphatic heterocycles. The highest BCUT2D eigenvalue weighted by Crippen LogP contribution is 2.33. The molecule has 0 aromatic carbocycles. The van der Waals surface area contributed by atoms with Crippen LogP contribution in [-0.4, -0.2) is 50.3 Å². The van der Waals surface area contributed by atoms with E-state index in [2.05, 4.69) is 25.9 Å². The second-order valence-electron chi connectivity index (χ2n) is 5.42. The monoisotopic (exact) mass is 503 g/mol. The predicted molar refractivity (Wildman–Crippen MR) is 113 cm³/mol. The van der Waals surface area contributed by atoms with Gasteiger partial charge in [-0.1, -0.05) is 0 Å². The van der Waals surface area contributed by atoms with Gasteiger partial charge in [-0.2, -0.15) is 13.2 Å². The molecular weight excluding hydrogens is 474 g/mol. The third-order valence-electron chi connectivity index (χ3n) is 3.34. The van der Waals surface area contributed by atoms with Crippen LogP contribution in [0.5, 0.6) is 0 Å². The Labute approximate surface area is 175 Å². The molecule has 3 N–H and O–H groups in total. The lowest BCUT2D eigenvalue weighted by molar-refractivity contribution is -0.137. The van der Waals surface area contributed by atoms with Crippen molar-refractivity contribution in [2.75, 3.05) is 44.7 Å². The molecule has 1 heterocycles. The van der Waals surface area contributed by atoms with Crippen molar-refractivity contribution in [2.24, 2.45) is 4.99 Å². The van der Waals surface area contributed by atoms with Crippen molar-refractivity contribution in [2.45, 2.75) is 32.9 Å². The maximum atomic E-state index is 12.9. The van der Waals surface area contributed by atoms with Crippen LogP contribution in [0.4, 0.5) is 19.0 Å². The van der Waals surface area contributed by atoms with Crippen molar-refractivity contribution in [1.29, 1.82) is 0 Å². The molecule has 156 valence electrons. The average molecular weight is 503 g/mol. The normalized spacial score (nSPS) is 11.7. The summed E-state index contributed by atoms with van der Waals surface area (Å²) in [5, 5.41) is 8.91. The molecule has 0 bridgehead atoms. The Hall–Kier alpha value is -1.30. The fraction of sp³-hybridized carbons (Fsp3) is 0.647. The number of anilines is 1. The number of pyridine rings is 1. The van der Waals surface area contributed by atoms with Crippen molar-refractivity contribution in [3.05, 3.63) is 23.9 Å². The van der Waals surface area contributed by atoms with Crippen molar-refractivity contribution in [1.82, 2.24) is 15.6 Å². The Morgan fingerprint density at radius 3 is 2.63 bits per heavy atom. The average Bonchev–Trinajstić information content (AvgIpc) is 2.61. The standard InChI is InChI=1S/C17H28F3N5O.HI/c1-3-21-16(24-9-5-6-13-26-4-2)25-12-11-23-15-14(17(18,19)20)8-7-10-22-15;/h7-8,10H,3-6,9,11-13H2,1-2H3,(H,22,23)(H2,21,24,25);1H. The molecule has 0 atom stereocenters. The van der Waals surface area contributed by atoms with E-state index in [4.69, 9.17) is 4.74 Å². The largest absolute Gasteiger partial charge is 0.419 e. The van der Waals surface area contributed by atoms with E-state index in [9.17, 15) is 13.2 Å². The van der Waals surface area contributed by atoms with E-state index in [1.54, 1.807) is 0 Å². The number of halogens is 4. The van der Waals surface area contributed by atoms with Crippen LogP contribution in [0.25, 0.3) is 0 Å². The van der Waals surface area contributed by atoms with Crippen LogP contribution < -0.4 is 16.0 Å². The minimum atomic E-state index is -4.43. The molecule has 0 aliphatic carbocycles. The first kappa shape index (κ1) is 25.7.